The zero-order valence-electron chi connectivity index (χ0n) is 16.6. The second kappa shape index (κ2) is 11.6. The largest absolute Gasteiger partial charge is 0.508 e. The van der Waals surface area contributed by atoms with Gasteiger partial charge in [0.2, 0.25) is 12.3 Å². The van der Waals surface area contributed by atoms with Gasteiger partial charge in [0, 0.05) is 25.1 Å². The van der Waals surface area contributed by atoms with Crippen LogP contribution in [0, 0.1) is 0 Å². The Morgan fingerprint density at radius 2 is 1.84 bits per heavy atom. The molecule has 0 atom stereocenters. The first-order valence-corrected chi connectivity index (χ1v) is 9.55. The number of phenols is 1. The molecule has 0 aromatic heterocycles. The first-order valence-electron chi connectivity index (χ1n) is 9.55. The monoisotopic (exact) mass is 436 g/mol. The van der Waals surface area contributed by atoms with Crippen LogP contribution in [0.15, 0.2) is 60.4 Å². The molecule has 0 fully saturated rings. The van der Waals surface area contributed by atoms with Crippen LogP contribution in [0.5, 0.6) is 5.75 Å². The van der Waals surface area contributed by atoms with Crippen molar-refractivity contribution in [3.8, 4) is 5.75 Å². The summed E-state index contributed by atoms with van der Waals surface area (Å²) >= 11 is 0. The normalized spacial score (nSPS) is 13.2. The van der Waals surface area contributed by atoms with Crippen LogP contribution in [0.1, 0.15) is 29.6 Å². The van der Waals surface area contributed by atoms with Gasteiger partial charge in [-0.25, -0.2) is 18.0 Å². The van der Waals surface area contributed by atoms with Gasteiger partial charge in [-0.1, -0.05) is 18.2 Å². The number of anilines is 2. The molecule has 1 aliphatic rings. The molecule has 0 unspecified atom stereocenters. The molecule has 0 spiro atoms. The number of aromatic carboxylic acids is 1. The Bertz CT molecular complexity index is 920. The van der Waals surface area contributed by atoms with E-state index in [0.29, 0.717) is 24.4 Å². The molecule has 166 valence electrons. The number of benzene rings is 2. The van der Waals surface area contributed by atoms with Crippen molar-refractivity contribution in [2.75, 3.05) is 23.3 Å². The van der Waals surface area contributed by atoms with E-state index in [0.717, 1.165) is 0 Å². The Labute approximate surface area is 177 Å². The number of nitrogens with one attached hydrogen (secondary N) is 1. The number of nitrogens with zero attached hydrogens (tertiary/aromatic N) is 1. The number of carbonyl (C=O) groups is 2. The van der Waals surface area contributed by atoms with E-state index in [2.05, 4.69) is 5.32 Å². The van der Waals surface area contributed by atoms with Crippen LogP contribution >= 0.6 is 0 Å². The van der Waals surface area contributed by atoms with Gasteiger partial charge in [0.1, 0.15) is 11.6 Å². The molecule has 1 aliphatic heterocycles. The number of amides is 1. The molecule has 0 bridgehead atoms. The van der Waals surface area contributed by atoms with Crippen molar-refractivity contribution >= 4 is 23.3 Å². The van der Waals surface area contributed by atoms with Crippen LogP contribution in [0.25, 0.3) is 0 Å². The summed E-state index contributed by atoms with van der Waals surface area (Å²) in [5, 5.41) is 20.3. The van der Waals surface area contributed by atoms with Crippen LogP contribution in [0.4, 0.5) is 24.5 Å². The predicted octanol–water partition coefficient (Wildman–Crippen LogP) is 4.82. The number of aromatic hydroxyl groups is 1. The predicted molar refractivity (Wildman–Crippen MR) is 111 cm³/mol. The van der Waals surface area contributed by atoms with Crippen molar-refractivity contribution in [3.05, 3.63) is 66.0 Å². The number of alkyl halides is 2. The lowest BCUT2D eigenvalue weighted by Crippen LogP contribution is -2.29. The van der Waals surface area contributed by atoms with Crippen molar-refractivity contribution in [2.24, 2.45) is 0 Å². The number of phenolic OH excluding ortho intramolecular Hbond substituents is 1. The van der Waals surface area contributed by atoms with Crippen LogP contribution in [-0.2, 0) is 4.79 Å². The fourth-order valence-corrected chi connectivity index (χ4v) is 2.82. The molecule has 31 heavy (non-hydrogen) atoms. The van der Waals surface area contributed by atoms with E-state index in [1.807, 2.05) is 6.07 Å². The Morgan fingerprint density at radius 1 is 1.13 bits per heavy atom. The minimum absolute atomic E-state index is 0.0264. The maximum atomic E-state index is 13.4. The third-order valence-corrected chi connectivity index (χ3v) is 4.33. The van der Waals surface area contributed by atoms with Crippen molar-refractivity contribution in [3.63, 3.8) is 0 Å². The van der Waals surface area contributed by atoms with E-state index in [1.165, 1.54) is 18.2 Å². The lowest BCUT2D eigenvalue weighted by Gasteiger charge is -2.27. The Balaban J connectivity index is 0.000000412. The summed E-state index contributed by atoms with van der Waals surface area (Å²) in [5.74, 6) is -1.92. The minimum Gasteiger partial charge on any atom is -0.508 e. The SMILES string of the molecule is O=C(CCC(F)F)Nc1ccc(N2CCC=C(F)C2)cc1C(=O)O.Oc1ccccc1. The molecule has 9 heteroatoms. The fraction of sp³-hybridized carbons (Fsp3) is 0.273. The van der Waals surface area contributed by atoms with Crippen LogP contribution in [0.2, 0.25) is 0 Å². The zero-order valence-corrected chi connectivity index (χ0v) is 16.6. The van der Waals surface area contributed by atoms with E-state index in [-0.39, 0.29) is 23.6 Å². The quantitative estimate of drug-likeness (QED) is 0.604. The van der Waals surface area contributed by atoms with Crippen molar-refractivity contribution in [1.82, 2.24) is 0 Å². The van der Waals surface area contributed by atoms with E-state index >= 15 is 0 Å². The summed E-state index contributed by atoms with van der Waals surface area (Å²) in [4.78, 5) is 24.7. The number of halogens is 3. The summed E-state index contributed by atoms with van der Waals surface area (Å²) in [5.41, 5.74) is 0.368. The topological polar surface area (TPSA) is 89.9 Å². The summed E-state index contributed by atoms with van der Waals surface area (Å²) < 4.78 is 37.6. The smallest absolute Gasteiger partial charge is 0.337 e. The highest BCUT2D eigenvalue weighted by Crippen LogP contribution is 2.26. The number of hydrogen-bond donors (Lipinski definition) is 3. The summed E-state index contributed by atoms with van der Waals surface area (Å²) in [6.07, 6.45) is -1.60. The van der Waals surface area contributed by atoms with Crippen molar-refractivity contribution in [1.29, 1.82) is 0 Å². The standard InChI is InChI=1S/C16H17F3N2O3.C6H6O/c17-10-2-1-7-21(9-10)11-3-4-13(12(8-11)16(23)24)20-15(22)6-5-14(18)19;7-6-4-2-1-3-5-6/h2-4,8,14H,1,5-7,9H2,(H,20,22)(H,23,24);1-5,7H. The molecule has 3 rings (SSSR count). The van der Waals surface area contributed by atoms with Gasteiger partial charge >= 0.3 is 5.97 Å². The van der Waals surface area contributed by atoms with E-state index in [4.69, 9.17) is 5.11 Å². The molecule has 3 N–H and O–H groups in total. The number of carboxylic acids is 1. The Hall–Kier alpha value is -3.49. The van der Waals surface area contributed by atoms with Crippen LogP contribution < -0.4 is 10.2 Å². The molecule has 0 aliphatic carbocycles. The molecule has 0 saturated heterocycles. The number of carbonyl (C=O) groups excluding carboxylic acids is 1. The van der Waals surface area contributed by atoms with Crippen LogP contribution in [-0.4, -0.2) is 41.6 Å². The second-order valence-electron chi connectivity index (χ2n) is 6.71. The van der Waals surface area contributed by atoms with Gasteiger partial charge in [-0.15, -0.1) is 0 Å². The third kappa shape index (κ3) is 8.04. The third-order valence-electron chi connectivity index (χ3n) is 4.33. The van der Waals surface area contributed by atoms with Crippen LogP contribution in [0.3, 0.4) is 0 Å². The molecule has 6 nitrogen and oxygen atoms in total. The lowest BCUT2D eigenvalue weighted by atomic mass is 10.1. The molecule has 1 heterocycles. The maximum Gasteiger partial charge on any atom is 0.337 e. The maximum absolute atomic E-state index is 13.4. The van der Waals surface area contributed by atoms with Gasteiger partial charge in [0.15, 0.2) is 0 Å². The molecule has 2 aromatic rings. The number of hydrogen-bond acceptors (Lipinski definition) is 4. The Morgan fingerprint density at radius 3 is 2.39 bits per heavy atom. The second-order valence-corrected chi connectivity index (χ2v) is 6.71. The van der Waals surface area contributed by atoms with Gasteiger partial charge in [0.25, 0.3) is 0 Å². The highest BCUT2D eigenvalue weighted by atomic mass is 19.3. The molecule has 2 aromatic carbocycles. The minimum atomic E-state index is -2.60. The van der Waals surface area contributed by atoms with E-state index < -0.39 is 31.1 Å². The number of rotatable bonds is 6. The van der Waals surface area contributed by atoms with E-state index in [1.54, 1.807) is 35.2 Å². The lowest BCUT2D eigenvalue weighted by molar-refractivity contribution is -0.116. The fourth-order valence-electron chi connectivity index (χ4n) is 2.82. The molecule has 0 radical (unpaired) electrons. The Kier molecular flexibility index (Phi) is 8.93. The molecule has 0 saturated carbocycles. The van der Waals surface area contributed by atoms with Crippen molar-refractivity contribution in [2.45, 2.75) is 25.7 Å². The zero-order chi connectivity index (χ0) is 22.8. The average Bonchev–Trinajstić information content (AvgIpc) is 2.73. The van der Waals surface area contributed by atoms with Gasteiger partial charge in [-0.3, -0.25) is 4.79 Å². The first-order chi connectivity index (χ1) is 14.8. The van der Waals surface area contributed by atoms with Gasteiger partial charge in [0.05, 0.1) is 17.8 Å². The molecule has 1 amide bonds. The molecular formula is C22H23F3N2O4. The molecular weight excluding hydrogens is 413 g/mol. The first kappa shape index (κ1) is 23.8. The average molecular weight is 436 g/mol. The van der Waals surface area contributed by atoms with Gasteiger partial charge in [-0.05, 0) is 42.8 Å². The summed E-state index contributed by atoms with van der Waals surface area (Å²) in [6.45, 7) is 0.603. The number of carboxylic acid groups (broad SMARTS) is 1. The van der Waals surface area contributed by atoms with Gasteiger partial charge < -0.3 is 20.4 Å². The van der Waals surface area contributed by atoms with E-state index in [9.17, 15) is 27.9 Å². The highest BCUT2D eigenvalue weighted by molar-refractivity contribution is 6.01. The van der Waals surface area contributed by atoms with Crippen molar-refractivity contribution < 1.29 is 33.0 Å². The summed E-state index contributed by atoms with van der Waals surface area (Å²) in [6, 6.07) is 13.0. The highest BCUT2D eigenvalue weighted by Gasteiger charge is 2.18. The van der Waals surface area contributed by atoms with Gasteiger partial charge in [-0.2, -0.15) is 0 Å². The number of para-hydroxylation sites is 1. The summed E-state index contributed by atoms with van der Waals surface area (Å²) in [7, 11) is 0.